The molecule has 0 aliphatic heterocycles. The Hall–Kier alpha value is -1.56. The minimum Gasteiger partial charge on any atom is -0.467 e. The molecular weight excluding hydrogens is 259 g/mol. The SMILES string of the molecule is CCNC(C)(C(=O)OC)c1ccc(C(F)(F)F)cc1. The number of likely N-dealkylation sites (N-methyl/N-ethyl adjacent to an activating group) is 1. The van der Waals surface area contributed by atoms with Gasteiger partial charge in [0.05, 0.1) is 12.7 Å². The van der Waals surface area contributed by atoms with Crippen LogP contribution in [0.15, 0.2) is 24.3 Å². The van der Waals surface area contributed by atoms with Gasteiger partial charge in [0, 0.05) is 0 Å². The Morgan fingerprint density at radius 3 is 2.05 bits per heavy atom. The highest BCUT2D eigenvalue weighted by molar-refractivity contribution is 5.82. The number of hydrogen-bond acceptors (Lipinski definition) is 3. The van der Waals surface area contributed by atoms with Crippen LogP contribution in [0.2, 0.25) is 0 Å². The molecule has 1 unspecified atom stereocenters. The quantitative estimate of drug-likeness (QED) is 0.859. The molecule has 1 rings (SSSR count). The Labute approximate surface area is 109 Å². The van der Waals surface area contributed by atoms with Gasteiger partial charge in [-0.3, -0.25) is 5.32 Å². The predicted molar refractivity (Wildman–Crippen MR) is 64.5 cm³/mol. The highest BCUT2D eigenvalue weighted by Crippen LogP contribution is 2.31. The largest absolute Gasteiger partial charge is 0.467 e. The molecule has 0 aliphatic rings. The van der Waals surface area contributed by atoms with Gasteiger partial charge < -0.3 is 4.74 Å². The number of methoxy groups -OCH3 is 1. The zero-order valence-corrected chi connectivity index (χ0v) is 11.0. The van der Waals surface area contributed by atoms with E-state index in [9.17, 15) is 18.0 Å². The van der Waals surface area contributed by atoms with Gasteiger partial charge in [0.1, 0.15) is 5.54 Å². The first-order chi connectivity index (χ1) is 8.75. The van der Waals surface area contributed by atoms with E-state index in [2.05, 4.69) is 5.32 Å². The van der Waals surface area contributed by atoms with Crippen molar-refractivity contribution in [1.29, 1.82) is 0 Å². The smallest absolute Gasteiger partial charge is 0.416 e. The summed E-state index contributed by atoms with van der Waals surface area (Å²) in [7, 11) is 1.24. The summed E-state index contributed by atoms with van der Waals surface area (Å²) in [5.41, 5.74) is -1.48. The van der Waals surface area contributed by atoms with Gasteiger partial charge in [0.2, 0.25) is 0 Å². The molecule has 0 saturated heterocycles. The highest BCUT2D eigenvalue weighted by atomic mass is 19.4. The maximum absolute atomic E-state index is 12.5. The maximum atomic E-state index is 12.5. The Balaban J connectivity index is 3.15. The zero-order valence-electron chi connectivity index (χ0n) is 11.0. The topological polar surface area (TPSA) is 38.3 Å². The van der Waals surface area contributed by atoms with Gasteiger partial charge in [0.15, 0.2) is 0 Å². The van der Waals surface area contributed by atoms with E-state index < -0.39 is 23.2 Å². The number of nitrogens with one attached hydrogen (secondary N) is 1. The number of carbonyl (C=O) groups is 1. The van der Waals surface area contributed by atoms with Crippen LogP contribution in [0.5, 0.6) is 0 Å². The summed E-state index contributed by atoms with van der Waals surface area (Å²) in [5, 5.41) is 2.93. The molecule has 0 heterocycles. The van der Waals surface area contributed by atoms with E-state index >= 15 is 0 Å². The van der Waals surface area contributed by atoms with Crippen molar-refractivity contribution in [3.63, 3.8) is 0 Å². The van der Waals surface area contributed by atoms with E-state index in [-0.39, 0.29) is 0 Å². The number of alkyl halides is 3. The van der Waals surface area contributed by atoms with Gasteiger partial charge in [-0.2, -0.15) is 13.2 Å². The van der Waals surface area contributed by atoms with Gasteiger partial charge >= 0.3 is 12.1 Å². The first-order valence-corrected chi connectivity index (χ1v) is 5.77. The molecule has 19 heavy (non-hydrogen) atoms. The molecule has 0 amide bonds. The van der Waals surface area contributed by atoms with Crippen LogP contribution in [-0.4, -0.2) is 19.6 Å². The Morgan fingerprint density at radius 1 is 1.21 bits per heavy atom. The number of benzene rings is 1. The summed E-state index contributed by atoms with van der Waals surface area (Å²) >= 11 is 0. The predicted octanol–water partition coefficient (Wildman–Crippen LogP) is 2.70. The van der Waals surface area contributed by atoms with Crippen molar-refractivity contribution in [2.24, 2.45) is 0 Å². The van der Waals surface area contributed by atoms with Crippen LogP contribution in [0.3, 0.4) is 0 Å². The third-order valence-electron chi connectivity index (χ3n) is 2.91. The van der Waals surface area contributed by atoms with Crippen molar-refractivity contribution >= 4 is 5.97 Å². The molecule has 3 nitrogen and oxygen atoms in total. The van der Waals surface area contributed by atoms with Gasteiger partial charge in [-0.1, -0.05) is 19.1 Å². The number of esters is 1. The minimum absolute atomic E-state index is 0.425. The lowest BCUT2D eigenvalue weighted by Crippen LogP contribution is -2.47. The average Bonchev–Trinajstić information content (AvgIpc) is 2.37. The fraction of sp³-hybridized carbons (Fsp3) is 0.462. The van der Waals surface area contributed by atoms with Crippen molar-refractivity contribution in [2.45, 2.75) is 25.6 Å². The molecule has 0 spiro atoms. The molecule has 0 aliphatic carbocycles. The van der Waals surface area contributed by atoms with E-state index in [1.165, 1.54) is 19.2 Å². The second-order valence-electron chi connectivity index (χ2n) is 4.22. The summed E-state index contributed by atoms with van der Waals surface area (Å²) in [4.78, 5) is 11.8. The lowest BCUT2D eigenvalue weighted by molar-refractivity contribution is -0.148. The van der Waals surface area contributed by atoms with E-state index in [0.29, 0.717) is 12.1 Å². The molecule has 0 bridgehead atoms. The third kappa shape index (κ3) is 3.26. The standard InChI is InChI=1S/C13H16F3NO2/c1-4-17-12(2,11(18)19-3)9-5-7-10(8-6-9)13(14,15)16/h5-8,17H,4H2,1-3H3. The number of carbonyl (C=O) groups excluding carboxylic acids is 1. The number of ether oxygens (including phenoxy) is 1. The Kier molecular flexibility index (Phi) is 4.57. The van der Waals surface area contributed by atoms with Gasteiger partial charge in [-0.15, -0.1) is 0 Å². The fourth-order valence-electron chi connectivity index (χ4n) is 1.84. The van der Waals surface area contributed by atoms with E-state index in [1.54, 1.807) is 13.8 Å². The molecule has 0 saturated carbocycles. The zero-order chi connectivity index (χ0) is 14.7. The molecule has 106 valence electrons. The van der Waals surface area contributed by atoms with Crippen LogP contribution >= 0.6 is 0 Å². The second kappa shape index (κ2) is 5.61. The lowest BCUT2D eigenvalue weighted by Gasteiger charge is -2.28. The Bertz CT molecular complexity index is 442. The van der Waals surface area contributed by atoms with Crippen LogP contribution in [0.1, 0.15) is 25.0 Å². The molecule has 1 aromatic rings. The molecule has 1 N–H and O–H groups in total. The van der Waals surface area contributed by atoms with Crippen molar-refractivity contribution in [3.8, 4) is 0 Å². The molecule has 0 radical (unpaired) electrons. The average molecular weight is 275 g/mol. The number of hydrogen-bond donors (Lipinski definition) is 1. The summed E-state index contributed by atoms with van der Waals surface area (Å²) < 4.78 is 42.1. The van der Waals surface area contributed by atoms with E-state index in [0.717, 1.165) is 12.1 Å². The van der Waals surface area contributed by atoms with Crippen LogP contribution in [0.4, 0.5) is 13.2 Å². The van der Waals surface area contributed by atoms with Crippen LogP contribution in [0, 0.1) is 0 Å². The summed E-state index contributed by atoms with van der Waals surface area (Å²) in [6, 6.07) is 4.46. The van der Waals surface area contributed by atoms with Crippen molar-refractivity contribution in [2.75, 3.05) is 13.7 Å². The van der Waals surface area contributed by atoms with E-state index in [1.807, 2.05) is 0 Å². The maximum Gasteiger partial charge on any atom is 0.416 e. The van der Waals surface area contributed by atoms with Gasteiger partial charge in [-0.25, -0.2) is 4.79 Å². The molecule has 0 aromatic heterocycles. The summed E-state index contributed by atoms with van der Waals surface area (Å²) in [6.07, 6.45) is -4.39. The van der Waals surface area contributed by atoms with Gasteiger partial charge in [-0.05, 0) is 31.2 Å². The molecule has 1 aromatic carbocycles. The fourth-order valence-corrected chi connectivity index (χ4v) is 1.84. The lowest BCUT2D eigenvalue weighted by atomic mass is 9.91. The third-order valence-corrected chi connectivity index (χ3v) is 2.91. The van der Waals surface area contributed by atoms with Gasteiger partial charge in [0.25, 0.3) is 0 Å². The number of rotatable bonds is 4. The number of halogens is 3. The van der Waals surface area contributed by atoms with Crippen LogP contribution < -0.4 is 5.32 Å². The summed E-state index contributed by atoms with van der Waals surface area (Å²) in [6.45, 7) is 3.85. The second-order valence-corrected chi connectivity index (χ2v) is 4.22. The molecule has 1 atom stereocenters. The van der Waals surface area contributed by atoms with Crippen molar-refractivity contribution in [3.05, 3.63) is 35.4 Å². The summed E-state index contributed by atoms with van der Waals surface area (Å²) in [5.74, 6) is -0.547. The van der Waals surface area contributed by atoms with Crippen molar-refractivity contribution < 1.29 is 22.7 Å². The van der Waals surface area contributed by atoms with Crippen LogP contribution in [0.25, 0.3) is 0 Å². The van der Waals surface area contributed by atoms with E-state index in [4.69, 9.17) is 4.74 Å². The first kappa shape index (κ1) is 15.5. The Morgan fingerprint density at radius 2 is 1.68 bits per heavy atom. The first-order valence-electron chi connectivity index (χ1n) is 5.77. The molecule has 0 fully saturated rings. The van der Waals surface area contributed by atoms with Crippen molar-refractivity contribution in [1.82, 2.24) is 5.32 Å². The normalized spacial score (nSPS) is 14.8. The van der Waals surface area contributed by atoms with Crippen LogP contribution in [-0.2, 0) is 21.2 Å². The molecular formula is C13H16F3NO2. The minimum atomic E-state index is -4.39. The highest BCUT2D eigenvalue weighted by Gasteiger charge is 2.36. The molecule has 6 heteroatoms. The monoisotopic (exact) mass is 275 g/mol.